The van der Waals surface area contributed by atoms with Gasteiger partial charge in [-0.2, -0.15) is 5.26 Å². The predicted molar refractivity (Wildman–Crippen MR) is 120 cm³/mol. The minimum Gasteiger partial charge on any atom is -0.368 e. The molecule has 3 rings (SSSR count). The predicted octanol–water partition coefficient (Wildman–Crippen LogP) is 2.65. The molecule has 2 aromatic rings. The first-order chi connectivity index (χ1) is 14.7. The summed E-state index contributed by atoms with van der Waals surface area (Å²) in [6.07, 6.45) is 0.331. The van der Waals surface area contributed by atoms with E-state index in [2.05, 4.69) is 28.4 Å². The third kappa shape index (κ3) is 6.53. The number of nitriles is 1. The van der Waals surface area contributed by atoms with Crippen LogP contribution in [0.15, 0.2) is 54.6 Å². The van der Waals surface area contributed by atoms with Crippen LogP contribution in [-0.2, 0) is 15.3 Å². The number of benzene rings is 2. The van der Waals surface area contributed by atoms with Crippen molar-refractivity contribution in [1.82, 2.24) is 10.2 Å². The van der Waals surface area contributed by atoms with Crippen LogP contribution in [0.2, 0.25) is 0 Å². The fourth-order valence-electron chi connectivity index (χ4n) is 3.31. The number of para-hydroxylation sites is 1. The van der Waals surface area contributed by atoms with E-state index >= 15 is 0 Å². The van der Waals surface area contributed by atoms with Crippen LogP contribution >= 0.6 is 11.8 Å². The van der Waals surface area contributed by atoms with Gasteiger partial charge in [0.25, 0.3) is 0 Å². The maximum Gasteiger partial charge on any atom is 0.230 e. The molecule has 0 unspecified atom stereocenters. The highest BCUT2D eigenvalue weighted by molar-refractivity contribution is 7.99. The first-order valence-electron chi connectivity index (χ1n) is 10.1. The summed E-state index contributed by atoms with van der Waals surface area (Å²) in [5.41, 5.74) is 2.90. The molecule has 1 saturated heterocycles. The fraction of sp³-hybridized carbons (Fsp3) is 0.348. The number of carbonyl (C=O) groups is 2. The number of anilines is 1. The van der Waals surface area contributed by atoms with E-state index in [-0.39, 0.29) is 11.8 Å². The summed E-state index contributed by atoms with van der Waals surface area (Å²) in [5, 5.41) is 11.6. The Balaban J connectivity index is 1.29. The summed E-state index contributed by atoms with van der Waals surface area (Å²) >= 11 is 1.52. The molecule has 0 atom stereocenters. The Hall–Kier alpha value is -2.98. The fourth-order valence-corrected chi connectivity index (χ4v) is 4.13. The van der Waals surface area contributed by atoms with Crippen molar-refractivity contribution in [3.8, 4) is 6.07 Å². The third-order valence-corrected chi connectivity index (χ3v) is 6.00. The molecule has 0 bridgehead atoms. The van der Waals surface area contributed by atoms with Crippen molar-refractivity contribution in [2.45, 2.75) is 12.2 Å². The Bertz CT molecular complexity index is 872. The Morgan fingerprint density at radius 3 is 2.37 bits per heavy atom. The van der Waals surface area contributed by atoms with Crippen LogP contribution < -0.4 is 10.2 Å². The second kappa shape index (κ2) is 11.3. The largest absolute Gasteiger partial charge is 0.368 e. The van der Waals surface area contributed by atoms with Crippen LogP contribution in [0.25, 0.3) is 0 Å². The molecule has 1 aliphatic heterocycles. The molecule has 7 heteroatoms. The van der Waals surface area contributed by atoms with E-state index in [4.69, 9.17) is 5.26 Å². The lowest BCUT2D eigenvalue weighted by atomic mass is 10.2. The number of hydrogen-bond donors (Lipinski definition) is 1. The zero-order valence-corrected chi connectivity index (χ0v) is 17.7. The zero-order chi connectivity index (χ0) is 21.2. The number of nitrogens with zero attached hydrogens (tertiary/aromatic N) is 3. The lowest BCUT2D eigenvalue weighted by Gasteiger charge is -2.36. The van der Waals surface area contributed by atoms with E-state index < -0.39 is 0 Å². The molecule has 2 aromatic carbocycles. The zero-order valence-electron chi connectivity index (χ0n) is 16.9. The second-order valence-electron chi connectivity index (χ2n) is 7.10. The molecule has 156 valence electrons. The molecule has 1 fully saturated rings. The maximum absolute atomic E-state index is 12.4. The van der Waals surface area contributed by atoms with E-state index in [0.717, 1.165) is 18.7 Å². The number of nitrogens with one attached hydrogen (secondary N) is 1. The highest BCUT2D eigenvalue weighted by atomic mass is 32.2. The Morgan fingerprint density at radius 1 is 1.00 bits per heavy atom. The SMILES string of the molecule is N#Cc1ccc(CSCC(=O)NCCC(=O)N2CCN(c3ccccc3)CC2)cc1. The molecule has 0 aliphatic carbocycles. The molecule has 1 heterocycles. The molecule has 0 radical (unpaired) electrons. The third-order valence-electron chi connectivity index (χ3n) is 5.00. The van der Waals surface area contributed by atoms with Crippen molar-refractivity contribution in [1.29, 1.82) is 5.26 Å². The minimum atomic E-state index is -0.0599. The van der Waals surface area contributed by atoms with E-state index in [1.807, 2.05) is 35.2 Å². The number of thioether (sulfide) groups is 1. The number of hydrogen-bond acceptors (Lipinski definition) is 5. The molecular weight excluding hydrogens is 396 g/mol. The van der Waals surface area contributed by atoms with Gasteiger partial charge in [-0.25, -0.2) is 0 Å². The van der Waals surface area contributed by atoms with Gasteiger partial charge in [-0.05, 0) is 29.8 Å². The number of rotatable bonds is 8. The van der Waals surface area contributed by atoms with Gasteiger partial charge < -0.3 is 15.1 Å². The molecule has 30 heavy (non-hydrogen) atoms. The molecule has 6 nitrogen and oxygen atoms in total. The van der Waals surface area contributed by atoms with Gasteiger partial charge >= 0.3 is 0 Å². The number of carbonyl (C=O) groups excluding carboxylic acids is 2. The van der Waals surface area contributed by atoms with Gasteiger partial charge in [-0.15, -0.1) is 11.8 Å². The topological polar surface area (TPSA) is 76.4 Å². The lowest BCUT2D eigenvalue weighted by molar-refractivity contribution is -0.131. The normalized spacial score (nSPS) is 13.6. The van der Waals surface area contributed by atoms with Gasteiger partial charge in [0, 0.05) is 50.6 Å². The Morgan fingerprint density at radius 2 is 1.70 bits per heavy atom. The minimum absolute atomic E-state index is 0.0599. The van der Waals surface area contributed by atoms with Gasteiger partial charge in [-0.3, -0.25) is 9.59 Å². The molecule has 1 aliphatic rings. The second-order valence-corrected chi connectivity index (χ2v) is 8.09. The van der Waals surface area contributed by atoms with Crippen molar-refractivity contribution in [3.05, 3.63) is 65.7 Å². The van der Waals surface area contributed by atoms with Crippen molar-refractivity contribution in [2.75, 3.05) is 43.4 Å². The van der Waals surface area contributed by atoms with Gasteiger partial charge in [0.15, 0.2) is 0 Å². The van der Waals surface area contributed by atoms with Crippen LogP contribution in [0.5, 0.6) is 0 Å². The first-order valence-corrected chi connectivity index (χ1v) is 11.2. The molecule has 2 amide bonds. The quantitative estimate of drug-likeness (QED) is 0.708. The maximum atomic E-state index is 12.4. The molecule has 0 spiro atoms. The standard InChI is InChI=1S/C23H26N4O2S/c24-16-19-6-8-20(9-7-19)17-30-18-22(28)25-11-10-23(29)27-14-12-26(13-15-27)21-4-2-1-3-5-21/h1-9H,10-15,17-18H2,(H,25,28). The summed E-state index contributed by atoms with van der Waals surface area (Å²) in [6, 6.07) is 19.7. The molecule has 0 aromatic heterocycles. The smallest absolute Gasteiger partial charge is 0.230 e. The summed E-state index contributed by atoms with van der Waals surface area (Å²) in [7, 11) is 0. The molecule has 0 saturated carbocycles. The average Bonchev–Trinajstić information content (AvgIpc) is 2.80. The van der Waals surface area contributed by atoms with Crippen LogP contribution in [0.4, 0.5) is 5.69 Å². The number of amides is 2. The van der Waals surface area contributed by atoms with Crippen LogP contribution in [0.3, 0.4) is 0 Å². The van der Waals surface area contributed by atoms with Gasteiger partial charge in [0.05, 0.1) is 17.4 Å². The van der Waals surface area contributed by atoms with Crippen LogP contribution in [-0.4, -0.2) is 55.2 Å². The van der Waals surface area contributed by atoms with Crippen LogP contribution in [0.1, 0.15) is 17.5 Å². The van der Waals surface area contributed by atoms with E-state index in [1.54, 1.807) is 12.1 Å². The summed E-state index contributed by atoms with van der Waals surface area (Å²) < 4.78 is 0. The van der Waals surface area contributed by atoms with Gasteiger partial charge in [-0.1, -0.05) is 30.3 Å². The summed E-state index contributed by atoms with van der Waals surface area (Å²) in [6.45, 7) is 3.44. The van der Waals surface area contributed by atoms with Crippen molar-refractivity contribution in [3.63, 3.8) is 0 Å². The molecule has 1 N–H and O–H groups in total. The number of piperazine rings is 1. The van der Waals surface area contributed by atoms with Gasteiger partial charge in [0.1, 0.15) is 0 Å². The monoisotopic (exact) mass is 422 g/mol. The summed E-state index contributed by atoms with van der Waals surface area (Å²) in [4.78, 5) is 28.6. The van der Waals surface area contributed by atoms with Gasteiger partial charge in [0.2, 0.25) is 11.8 Å². The molecular formula is C23H26N4O2S. The Kier molecular flexibility index (Phi) is 8.16. The van der Waals surface area contributed by atoms with Crippen molar-refractivity contribution < 1.29 is 9.59 Å². The van der Waals surface area contributed by atoms with E-state index in [1.165, 1.54) is 17.4 Å². The van der Waals surface area contributed by atoms with Crippen molar-refractivity contribution in [2.24, 2.45) is 0 Å². The lowest BCUT2D eigenvalue weighted by Crippen LogP contribution is -2.49. The van der Waals surface area contributed by atoms with Crippen molar-refractivity contribution >= 4 is 29.3 Å². The first kappa shape index (κ1) is 21.7. The average molecular weight is 423 g/mol. The van der Waals surface area contributed by atoms with E-state index in [0.29, 0.717) is 43.1 Å². The summed E-state index contributed by atoms with van der Waals surface area (Å²) in [5.74, 6) is 1.09. The van der Waals surface area contributed by atoms with Crippen LogP contribution in [0, 0.1) is 11.3 Å². The highest BCUT2D eigenvalue weighted by Gasteiger charge is 2.20. The highest BCUT2D eigenvalue weighted by Crippen LogP contribution is 2.16. The Labute approximate surface area is 181 Å². The van der Waals surface area contributed by atoms with E-state index in [9.17, 15) is 9.59 Å².